The third-order valence-electron chi connectivity index (χ3n) is 5.89. The molecule has 0 aromatic heterocycles. The Balaban J connectivity index is 0.000000606. The van der Waals surface area contributed by atoms with E-state index in [0.717, 1.165) is 21.0 Å². The SMILES string of the molecule is CC.CC.CC1(C)c2ccc(-c3ccccc3)cc2-c2cc(-c3ccccc3)ccc21.CO[SiH3].CO[SiH3]. The highest BCUT2D eigenvalue weighted by atomic mass is 28.2. The quantitative estimate of drug-likeness (QED) is 0.255. The zero-order chi connectivity index (χ0) is 27.8. The zero-order valence-corrected chi connectivity index (χ0v) is 28.6. The van der Waals surface area contributed by atoms with Gasteiger partial charge in [-0.1, -0.05) is 126 Å². The Hall–Kier alpha value is -2.77. The fourth-order valence-corrected chi connectivity index (χ4v) is 4.39. The van der Waals surface area contributed by atoms with Crippen molar-refractivity contribution in [3.63, 3.8) is 0 Å². The van der Waals surface area contributed by atoms with Crippen LogP contribution >= 0.6 is 0 Å². The number of benzene rings is 4. The molecule has 0 atom stereocenters. The van der Waals surface area contributed by atoms with Gasteiger partial charge in [0.25, 0.3) is 0 Å². The van der Waals surface area contributed by atoms with Crippen LogP contribution in [0, 0.1) is 0 Å². The van der Waals surface area contributed by atoms with Crippen molar-refractivity contribution in [3.05, 3.63) is 108 Å². The first-order chi connectivity index (χ1) is 18.0. The molecule has 0 radical (unpaired) electrons. The monoisotopic (exact) mass is 530 g/mol. The van der Waals surface area contributed by atoms with Gasteiger partial charge in [-0.05, 0) is 56.6 Å². The summed E-state index contributed by atoms with van der Waals surface area (Å²) in [6.45, 7) is 12.7. The largest absolute Gasteiger partial charge is 0.431 e. The van der Waals surface area contributed by atoms with Crippen molar-refractivity contribution in [1.29, 1.82) is 0 Å². The van der Waals surface area contributed by atoms with Crippen LogP contribution in [0.4, 0.5) is 0 Å². The summed E-state index contributed by atoms with van der Waals surface area (Å²) in [6, 6.07) is 35.2. The third-order valence-corrected chi connectivity index (χ3v) is 5.89. The van der Waals surface area contributed by atoms with E-state index in [2.05, 4.69) is 120 Å². The lowest BCUT2D eigenvalue weighted by Crippen LogP contribution is -2.14. The lowest BCUT2D eigenvalue weighted by Gasteiger charge is -2.21. The molecule has 0 spiro atoms. The van der Waals surface area contributed by atoms with Crippen molar-refractivity contribution in [2.75, 3.05) is 14.2 Å². The van der Waals surface area contributed by atoms with Crippen LogP contribution in [0.2, 0.25) is 0 Å². The van der Waals surface area contributed by atoms with Crippen LogP contribution in [-0.4, -0.2) is 35.2 Å². The highest BCUT2D eigenvalue weighted by Gasteiger charge is 2.35. The van der Waals surface area contributed by atoms with Crippen molar-refractivity contribution in [2.24, 2.45) is 0 Å². The van der Waals surface area contributed by atoms with Gasteiger partial charge in [-0.2, -0.15) is 0 Å². The summed E-state index contributed by atoms with van der Waals surface area (Å²) < 4.78 is 8.78. The van der Waals surface area contributed by atoms with Crippen LogP contribution in [0.15, 0.2) is 97.1 Å². The van der Waals surface area contributed by atoms with Gasteiger partial charge in [0.2, 0.25) is 0 Å². The first-order valence-electron chi connectivity index (χ1n) is 13.2. The van der Waals surface area contributed by atoms with E-state index in [1.54, 1.807) is 14.2 Å². The first-order valence-corrected chi connectivity index (χ1v) is 14.8. The van der Waals surface area contributed by atoms with Gasteiger partial charge in [-0.15, -0.1) is 0 Å². The summed E-state index contributed by atoms with van der Waals surface area (Å²) >= 11 is 0. The van der Waals surface area contributed by atoms with Crippen molar-refractivity contribution in [3.8, 4) is 33.4 Å². The van der Waals surface area contributed by atoms with Gasteiger partial charge in [0, 0.05) is 19.6 Å². The summed E-state index contributed by atoms with van der Waals surface area (Å²) in [5, 5.41) is 0. The van der Waals surface area contributed by atoms with Crippen LogP contribution in [0.3, 0.4) is 0 Å². The van der Waals surface area contributed by atoms with E-state index >= 15 is 0 Å². The molecule has 0 saturated carbocycles. The molecular weight excluding hydrogens is 485 g/mol. The Morgan fingerprint density at radius 3 is 1.08 bits per heavy atom. The lowest BCUT2D eigenvalue weighted by atomic mass is 9.82. The molecule has 4 heteroatoms. The van der Waals surface area contributed by atoms with Crippen LogP contribution in [0.25, 0.3) is 33.4 Å². The fraction of sp³-hybridized carbons (Fsp3) is 0.273. The first kappa shape index (κ1) is 32.3. The number of hydrogen-bond donors (Lipinski definition) is 0. The summed E-state index contributed by atoms with van der Waals surface area (Å²) in [6.07, 6.45) is 0. The van der Waals surface area contributed by atoms with Crippen molar-refractivity contribution < 1.29 is 8.85 Å². The van der Waals surface area contributed by atoms with E-state index in [-0.39, 0.29) is 5.41 Å². The Morgan fingerprint density at radius 2 is 0.784 bits per heavy atom. The third kappa shape index (κ3) is 8.11. The molecule has 2 nitrogen and oxygen atoms in total. The molecule has 0 bridgehead atoms. The summed E-state index contributed by atoms with van der Waals surface area (Å²) in [5.74, 6) is 0. The molecule has 0 heterocycles. The molecule has 198 valence electrons. The maximum Gasteiger partial charge on any atom is 0.145 e. The van der Waals surface area contributed by atoms with Gasteiger partial charge in [0.1, 0.15) is 21.0 Å². The summed E-state index contributed by atoms with van der Waals surface area (Å²) in [4.78, 5) is 0. The molecule has 4 aromatic rings. The number of rotatable bonds is 2. The Kier molecular flexibility index (Phi) is 14.7. The van der Waals surface area contributed by atoms with E-state index in [4.69, 9.17) is 0 Å². The van der Waals surface area contributed by atoms with Gasteiger partial charge in [0.15, 0.2) is 0 Å². The standard InChI is InChI=1S/C27H22.2C2H6.2CH6OSi/c1-27(2)25-15-13-21(19-9-5-3-6-10-19)17-23(25)24-18-22(14-16-26(24)27)20-11-7-4-8-12-20;2*1-2;2*1-2-3/h3-18H,1-2H3;2*1-2H3;2*1,3H3. The minimum atomic E-state index is 0.0368. The molecule has 0 amide bonds. The minimum absolute atomic E-state index is 0.0368. The van der Waals surface area contributed by atoms with Crippen molar-refractivity contribution in [1.82, 2.24) is 0 Å². The maximum atomic E-state index is 4.39. The van der Waals surface area contributed by atoms with E-state index in [1.165, 1.54) is 44.5 Å². The second-order valence-electron chi connectivity index (χ2n) is 8.69. The summed E-state index contributed by atoms with van der Waals surface area (Å²) in [7, 11) is 5.11. The van der Waals surface area contributed by atoms with Crippen LogP contribution in [-0.2, 0) is 14.3 Å². The lowest BCUT2D eigenvalue weighted by molar-refractivity contribution is 0.460. The molecule has 1 aliphatic rings. The molecule has 37 heavy (non-hydrogen) atoms. The highest BCUT2D eigenvalue weighted by Crippen LogP contribution is 2.50. The van der Waals surface area contributed by atoms with Crippen LogP contribution in [0.1, 0.15) is 52.7 Å². The molecule has 5 rings (SSSR count). The molecule has 1 aliphatic carbocycles. The minimum Gasteiger partial charge on any atom is -0.431 e. The van der Waals surface area contributed by atoms with E-state index in [0.29, 0.717) is 0 Å². The molecule has 0 fully saturated rings. The van der Waals surface area contributed by atoms with Crippen LogP contribution < -0.4 is 0 Å². The molecular formula is C33H46O2Si2. The number of fused-ring (bicyclic) bond motifs is 3. The Bertz CT molecular complexity index is 1080. The normalized spacial score (nSPS) is 11.6. The number of hydrogen-bond acceptors (Lipinski definition) is 2. The fourth-order valence-electron chi connectivity index (χ4n) is 4.39. The molecule has 4 aromatic carbocycles. The van der Waals surface area contributed by atoms with Gasteiger partial charge in [0.05, 0.1) is 0 Å². The average molecular weight is 531 g/mol. The van der Waals surface area contributed by atoms with Gasteiger partial charge in [-0.25, -0.2) is 0 Å². The molecule has 0 unspecified atom stereocenters. The van der Waals surface area contributed by atoms with E-state index < -0.39 is 0 Å². The van der Waals surface area contributed by atoms with E-state index in [1.807, 2.05) is 27.7 Å². The van der Waals surface area contributed by atoms with Crippen LogP contribution in [0.5, 0.6) is 0 Å². The van der Waals surface area contributed by atoms with Gasteiger partial charge in [-0.3, -0.25) is 0 Å². The van der Waals surface area contributed by atoms with Gasteiger partial charge < -0.3 is 8.85 Å². The second-order valence-corrected chi connectivity index (χ2v) is 10.3. The predicted molar refractivity (Wildman–Crippen MR) is 171 cm³/mol. The molecule has 0 aliphatic heterocycles. The Labute approximate surface area is 232 Å². The van der Waals surface area contributed by atoms with Crippen molar-refractivity contribution >= 4 is 21.0 Å². The topological polar surface area (TPSA) is 18.5 Å². The summed E-state index contributed by atoms with van der Waals surface area (Å²) in [5.41, 5.74) is 10.7. The molecule has 0 saturated heterocycles. The average Bonchev–Trinajstić information content (AvgIpc) is 3.18. The smallest absolute Gasteiger partial charge is 0.145 e. The maximum absolute atomic E-state index is 4.39. The van der Waals surface area contributed by atoms with E-state index in [9.17, 15) is 0 Å². The van der Waals surface area contributed by atoms with Gasteiger partial charge >= 0.3 is 0 Å². The van der Waals surface area contributed by atoms with Crippen molar-refractivity contribution in [2.45, 2.75) is 47.0 Å². The zero-order valence-electron chi connectivity index (χ0n) is 24.6. The molecule has 0 N–H and O–H groups in total. The Morgan fingerprint density at radius 1 is 0.486 bits per heavy atom. The predicted octanol–water partition coefficient (Wildman–Crippen LogP) is 7.21. The second kappa shape index (κ2) is 16.9. The highest BCUT2D eigenvalue weighted by molar-refractivity contribution is 5.97.